The minimum absolute atomic E-state index is 0.127. The van der Waals surface area contributed by atoms with Crippen molar-refractivity contribution >= 4 is 32.9 Å². The van der Waals surface area contributed by atoms with E-state index in [4.69, 9.17) is 0 Å². The van der Waals surface area contributed by atoms with Crippen LogP contribution in [0.3, 0.4) is 0 Å². The number of carbonyl (C=O) groups is 1. The Balaban J connectivity index is 1.37. The highest BCUT2D eigenvalue weighted by Crippen LogP contribution is 2.30. The molecule has 1 saturated heterocycles. The zero-order chi connectivity index (χ0) is 22.0. The molecule has 0 spiro atoms. The molecule has 1 amide bonds. The van der Waals surface area contributed by atoms with E-state index in [1.165, 1.54) is 16.6 Å². The second-order valence-corrected chi connectivity index (χ2v) is 9.23. The van der Waals surface area contributed by atoms with E-state index in [-0.39, 0.29) is 5.91 Å². The van der Waals surface area contributed by atoms with Gasteiger partial charge in [0.05, 0.1) is 0 Å². The summed E-state index contributed by atoms with van der Waals surface area (Å²) in [6.45, 7) is 8.66. The van der Waals surface area contributed by atoms with Crippen LogP contribution in [0, 0.1) is 0 Å². The summed E-state index contributed by atoms with van der Waals surface area (Å²) in [5, 5.41) is 1.18. The molecule has 2 aromatic heterocycles. The smallest absolute Gasteiger partial charge is 0.253 e. The number of rotatable bonds is 6. The van der Waals surface area contributed by atoms with Crippen molar-refractivity contribution in [3.8, 4) is 0 Å². The molecule has 1 aromatic carbocycles. The third-order valence-corrected chi connectivity index (χ3v) is 7.32. The molecular formula is C25H31BrN4O. The van der Waals surface area contributed by atoms with Crippen molar-refractivity contribution in [1.29, 1.82) is 0 Å². The summed E-state index contributed by atoms with van der Waals surface area (Å²) < 4.78 is 3.30. The molecule has 3 heterocycles. The van der Waals surface area contributed by atoms with E-state index < -0.39 is 0 Å². The van der Waals surface area contributed by atoms with Crippen molar-refractivity contribution < 1.29 is 4.79 Å². The monoisotopic (exact) mass is 482 g/mol. The van der Waals surface area contributed by atoms with E-state index >= 15 is 0 Å². The Kier molecular flexibility index (Phi) is 6.77. The first-order valence-corrected chi connectivity index (χ1v) is 12.0. The van der Waals surface area contributed by atoms with Gasteiger partial charge in [0.1, 0.15) is 5.65 Å². The van der Waals surface area contributed by atoms with Gasteiger partial charge in [0.2, 0.25) is 0 Å². The maximum absolute atomic E-state index is 12.5. The number of fused-ring (bicyclic) bond motifs is 1. The van der Waals surface area contributed by atoms with Crippen LogP contribution in [0.15, 0.2) is 47.1 Å². The number of amides is 1. The Bertz CT molecular complexity index is 1050. The van der Waals surface area contributed by atoms with E-state index in [1.54, 1.807) is 0 Å². The van der Waals surface area contributed by atoms with Gasteiger partial charge >= 0.3 is 0 Å². The maximum Gasteiger partial charge on any atom is 0.253 e. The third kappa shape index (κ3) is 4.55. The van der Waals surface area contributed by atoms with Gasteiger partial charge in [0, 0.05) is 54.0 Å². The first kappa shape index (κ1) is 22.0. The summed E-state index contributed by atoms with van der Waals surface area (Å²) >= 11 is 3.64. The van der Waals surface area contributed by atoms with E-state index in [2.05, 4.69) is 55.6 Å². The number of aryl methyl sites for hydroxylation is 1. The van der Waals surface area contributed by atoms with Gasteiger partial charge in [-0.15, -0.1) is 0 Å². The lowest BCUT2D eigenvalue weighted by Gasteiger charge is -2.32. The maximum atomic E-state index is 12.5. The number of carbonyl (C=O) groups excluding carboxylic acids is 1. The van der Waals surface area contributed by atoms with E-state index in [0.29, 0.717) is 5.92 Å². The number of aromatic nitrogens is 2. The Labute approximate surface area is 193 Å². The van der Waals surface area contributed by atoms with E-state index in [1.807, 2.05) is 43.1 Å². The van der Waals surface area contributed by atoms with Gasteiger partial charge in [-0.25, -0.2) is 4.98 Å². The van der Waals surface area contributed by atoms with Crippen molar-refractivity contribution in [3.63, 3.8) is 0 Å². The Morgan fingerprint density at radius 2 is 1.81 bits per heavy atom. The molecular weight excluding hydrogens is 452 g/mol. The third-order valence-electron chi connectivity index (χ3n) is 6.63. The Morgan fingerprint density at radius 1 is 1.13 bits per heavy atom. The van der Waals surface area contributed by atoms with Crippen LogP contribution in [-0.2, 0) is 13.6 Å². The van der Waals surface area contributed by atoms with Crippen molar-refractivity contribution in [2.24, 2.45) is 7.05 Å². The molecule has 0 N–H and O–H groups in total. The highest BCUT2D eigenvalue weighted by molar-refractivity contribution is 9.10. The van der Waals surface area contributed by atoms with Crippen LogP contribution in [0.1, 0.15) is 54.2 Å². The zero-order valence-electron chi connectivity index (χ0n) is 18.6. The molecule has 5 nitrogen and oxygen atoms in total. The van der Waals surface area contributed by atoms with Crippen LogP contribution in [0.4, 0.5) is 0 Å². The van der Waals surface area contributed by atoms with Gasteiger partial charge in [-0.05, 0) is 91.5 Å². The molecule has 6 heteroatoms. The fraction of sp³-hybridized carbons (Fsp3) is 0.440. The van der Waals surface area contributed by atoms with Crippen LogP contribution < -0.4 is 0 Å². The minimum Gasteiger partial charge on any atom is -0.339 e. The molecule has 1 aliphatic heterocycles. The summed E-state index contributed by atoms with van der Waals surface area (Å²) in [4.78, 5) is 21.5. The van der Waals surface area contributed by atoms with Crippen molar-refractivity contribution in [3.05, 3.63) is 63.9 Å². The standard InChI is InChI=1S/C25H31BrN4O/c1-4-30(5-2)25(31)20-8-6-18(7-9-20)19-11-14-29(15-12-19)17-21-16-22-23(26)10-13-27-24(22)28(21)3/h6-10,13,16,19H,4-5,11-12,14-15,17H2,1-3H3. The topological polar surface area (TPSA) is 41.4 Å². The van der Waals surface area contributed by atoms with Gasteiger partial charge in [-0.3, -0.25) is 9.69 Å². The molecule has 0 atom stereocenters. The lowest BCUT2D eigenvalue weighted by molar-refractivity contribution is 0.0773. The van der Waals surface area contributed by atoms with Crippen molar-refractivity contribution in [1.82, 2.24) is 19.4 Å². The Hall–Kier alpha value is -2.18. The van der Waals surface area contributed by atoms with Crippen LogP contribution in [0.25, 0.3) is 11.0 Å². The average Bonchev–Trinajstić information content (AvgIpc) is 3.12. The number of halogens is 1. The molecule has 0 saturated carbocycles. The highest BCUT2D eigenvalue weighted by Gasteiger charge is 2.22. The molecule has 31 heavy (non-hydrogen) atoms. The highest BCUT2D eigenvalue weighted by atomic mass is 79.9. The molecule has 0 bridgehead atoms. The molecule has 1 fully saturated rings. The van der Waals surface area contributed by atoms with Gasteiger partial charge in [0.25, 0.3) is 5.91 Å². The van der Waals surface area contributed by atoms with Crippen LogP contribution in [0.2, 0.25) is 0 Å². The van der Waals surface area contributed by atoms with Crippen molar-refractivity contribution in [2.45, 2.75) is 39.2 Å². The van der Waals surface area contributed by atoms with Gasteiger partial charge in [-0.1, -0.05) is 12.1 Å². The number of benzene rings is 1. The predicted octanol–water partition coefficient (Wildman–Crippen LogP) is 5.20. The fourth-order valence-corrected chi connectivity index (χ4v) is 5.05. The molecule has 0 radical (unpaired) electrons. The summed E-state index contributed by atoms with van der Waals surface area (Å²) in [5.74, 6) is 0.694. The quantitative estimate of drug-likeness (QED) is 0.484. The number of hydrogen-bond acceptors (Lipinski definition) is 3. The van der Waals surface area contributed by atoms with Crippen LogP contribution in [0.5, 0.6) is 0 Å². The second-order valence-electron chi connectivity index (χ2n) is 8.37. The summed E-state index contributed by atoms with van der Waals surface area (Å²) in [6, 6.07) is 12.6. The first-order chi connectivity index (χ1) is 15.0. The molecule has 4 rings (SSSR count). The fourth-order valence-electron chi connectivity index (χ4n) is 4.64. The first-order valence-electron chi connectivity index (χ1n) is 11.2. The van der Waals surface area contributed by atoms with E-state index in [0.717, 1.165) is 61.2 Å². The largest absolute Gasteiger partial charge is 0.339 e. The number of hydrogen-bond donors (Lipinski definition) is 0. The van der Waals surface area contributed by atoms with Gasteiger partial charge < -0.3 is 9.47 Å². The second kappa shape index (κ2) is 9.53. The zero-order valence-corrected chi connectivity index (χ0v) is 20.2. The molecule has 1 aliphatic rings. The van der Waals surface area contributed by atoms with Crippen LogP contribution in [-0.4, -0.2) is 51.4 Å². The predicted molar refractivity (Wildman–Crippen MR) is 129 cm³/mol. The lowest BCUT2D eigenvalue weighted by Crippen LogP contribution is -2.33. The average molecular weight is 483 g/mol. The molecule has 0 unspecified atom stereocenters. The lowest BCUT2D eigenvalue weighted by atomic mass is 9.89. The van der Waals surface area contributed by atoms with Crippen LogP contribution >= 0.6 is 15.9 Å². The number of nitrogens with zero attached hydrogens (tertiary/aromatic N) is 4. The summed E-state index contributed by atoms with van der Waals surface area (Å²) in [5.41, 5.74) is 4.47. The van der Waals surface area contributed by atoms with E-state index in [9.17, 15) is 4.79 Å². The van der Waals surface area contributed by atoms with Gasteiger partial charge in [-0.2, -0.15) is 0 Å². The number of pyridine rings is 1. The molecule has 164 valence electrons. The summed E-state index contributed by atoms with van der Waals surface area (Å²) in [7, 11) is 2.10. The minimum atomic E-state index is 0.127. The van der Waals surface area contributed by atoms with Gasteiger partial charge in [0.15, 0.2) is 0 Å². The van der Waals surface area contributed by atoms with Crippen molar-refractivity contribution in [2.75, 3.05) is 26.2 Å². The molecule has 0 aliphatic carbocycles. The number of likely N-dealkylation sites (tertiary alicyclic amines) is 1. The molecule has 3 aromatic rings. The number of piperidine rings is 1. The normalized spacial score (nSPS) is 15.5. The summed E-state index contributed by atoms with van der Waals surface area (Å²) in [6.07, 6.45) is 4.15. The Morgan fingerprint density at radius 3 is 2.42 bits per heavy atom. The SMILES string of the molecule is CCN(CC)C(=O)c1ccc(C2CCN(Cc3cc4c(Br)ccnc4n3C)CC2)cc1.